The first-order valence-electron chi connectivity index (χ1n) is 5.41. The zero-order valence-corrected chi connectivity index (χ0v) is 10.9. The quantitative estimate of drug-likeness (QED) is 0.627. The van der Waals surface area contributed by atoms with Crippen LogP contribution in [0.5, 0.6) is 0 Å². The molecular formula is C14H10Cl2O2. The van der Waals surface area contributed by atoms with E-state index >= 15 is 0 Å². The van der Waals surface area contributed by atoms with Gasteiger partial charge in [-0.25, -0.2) is 0 Å². The molecule has 92 valence electrons. The molecule has 1 aliphatic carbocycles. The fourth-order valence-electron chi connectivity index (χ4n) is 1.85. The normalized spacial score (nSPS) is 17.1. The summed E-state index contributed by atoms with van der Waals surface area (Å²) in [6, 6.07) is 9.67. The third-order valence-corrected chi connectivity index (χ3v) is 3.67. The molecule has 0 aromatic heterocycles. The maximum absolute atomic E-state index is 11.4. The molecule has 0 aliphatic heterocycles. The lowest BCUT2D eigenvalue weighted by Gasteiger charge is -2.24. The molecule has 0 saturated carbocycles. The first-order chi connectivity index (χ1) is 8.56. The number of carbonyl (C=O) groups is 2. The van der Waals surface area contributed by atoms with Crippen molar-refractivity contribution in [1.82, 2.24) is 0 Å². The van der Waals surface area contributed by atoms with Crippen molar-refractivity contribution in [2.75, 3.05) is 0 Å². The van der Waals surface area contributed by atoms with E-state index in [1.807, 2.05) is 30.3 Å². The van der Waals surface area contributed by atoms with E-state index in [0.717, 1.165) is 11.1 Å². The molecule has 0 unspecified atom stereocenters. The van der Waals surface area contributed by atoms with Gasteiger partial charge in [-0.05, 0) is 40.8 Å². The van der Waals surface area contributed by atoms with Crippen LogP contribution in [0.1, 0.15) is 12.0 Å². The lowest BCUT2D eigenvalue weighted by atomic mass is 9.81. The lowest BCUT2D eigenvalue weighted by Crippen LogP contribution is -2.32. The van der Waals surface area contributed by atoms with Crippen LogP contribution in [-0.4, -0.2) is 10.5 Å². The minimum Gasteiger partial charge on any atom is -0.280 e. The Morgan fingerprint density at radius 3 is 2.11 bits per heavy atom. The summed E-state index contributed by atoms with van der Waals surface area (Å²) in [6.45, 7) is 0. The van der Waals surface area contributed by atoms with Crippen LogP contribution in [0.25, 0.3) is 5.57 Å². The molecule has 0 N–H and O–H groups in total. The number of benzene rings is 1. The second kappa shape index (κ2) is 5.09. The topological polar surface area (TPSA) is 34.1 Å². The first kappa shape index (κ1) is 13.1. The largest absolute Gasteiger partial charge is 0.280 e. The molecule has 0 bridgehead atoms. The Labute approximate surface area is 115 Å². The van der Waals surface area contributed by atoms with Crippen LogP contribution in [0.2, 0.25) is 0 Å². The molecule has 0 radical (unpaired) electrons. The van der Waals surface area contributed by atoms with E-state index in [-0.39, 0.29) is 6.42 Å². The monoisotopic (exact) mass is 280 g/mol. The van der Waals surface area contributed by atoms with Crippen LogP contribution in [0.3, 0.4) is 0 Å². The van der Waals surface area contributed by atoms with E-state index in [0.29, 0.717) is 0 Å². The smallest absolute Gasteiger partial charge is 0.240 e. The fraction of sp³-hybridized carbons (Fsp3) is 0.143. The number of hydrogen-bond donors (Lipinski definition) is 0. The zero-order chi connectivity index (χ0) is 13.2. The second-order valence-electron chi connectivity index (χ2n) is 4.08. The number of carbonyl (C=O) groups excluding carboxylic acids is 2. The molecule has 0 heterocycles. The molecule has 1 aromatic carbocycles. The predicted molar refractivity (Wildman–Crippen MR) is 72.3 cm³/mol. The van der Waals surface area contributed by atoms with Crippen molar-refractivity contribution in [3.63, 3.8) is 0 Å². The first-order valence-corrected chi connectivity index (χ1v) is 6.16. The Hall–Kier alpha value is -1.38. The number of halogens is 2. The van der Waals surface area contributed by atoms with E-state index < -0.39 is 15.9 Å². The van der Waals surface area contributed by atoms with E-state index in [1.54, 1.807) is 12.2 Å². The van der Waals surface area contributed by atoms with E-state index in [9.17, 15) is 9.59 Å². The van der Waals surface area contributed by atoms with Gasteiger partial charge in [-0.3, -0.25) is 9.59 Å². The van der Waals surface area contributed by atoms with Gasteiger partial charge in [0.25, 0.3) is 0 Å². The molecule has 1 aromatic rings. The second-order valence-corrected chi connectivity index (χ2v) is 4.77. The van der Waals surface area contributed by atoms with Crippen LogP contribution >= 0.6 is 23.2 Å². The van der Waals surface area contributed by atoms with Crippen molar-refractivity contribution in [1.29, 1.82) is 0 Å². The van der Waals surface area contributed by atoms with Gasteiger partial charge in [0.05, 0.1) is 0 Å². The highest BCUT2D eigenvalue weighted by Gasteiger charge is 2.41. The van der Waals surface area contributed by atoms with Gasteiger partial charge in [0.1, 0.15) is 5.41 Å². The highest BCUT2D eigenvalue weighted by molar-refractivity contribution is 6.75. The van der Waals surface area contributed by atoms with Gasteiger partial charge in [-0.2, -0.15) is 0 Å². The van der Waals surface area contributed by atoms with Crippen LogP contribution in [0, 0.1) is 5.41 Å². The van der Waals surface area contributed by atoms with Crippen LogP contribution in [0.15, 0.2) is 48.6 Å². The van der Waals surface area contributed by atoms with Gasteiger partial charge in [0.2, 0.25) is 10.5 Å². The average Bonchev–Trinajstić information content (AvgIpc) is 2.39. The summed E-state index contributed by atoms with van der Waals surface area (Å²) in [6.07, 6.45) is 5.19. The summed E-state index contributed by atoms with van der Waals surface area (Å²) in [4.78, 5) is 22.8. The van der Waals surface area contributed by atoms with Gasteiger partial charge < -0.3 is 0 Å². The van der Waals surface area contributed by atoms with Gasteiger partial charge in [0.15, 0.2) is 0 Å². The van der Waals surface area contributed by atoms with Crippen LogP contribution in [0.4, 0.5) is 0 Å². The van der Waals surface area contributed by atoms with Crippen molar-refractivity contribution in [3.05, 3.63) is 54.1 Å². The summed E-state index contributed by atoms with van der Waals surface area (Å²) in [7, 11) is 0. The third kappa shape index (κ3) is 2.26. The van der Waals surface area contributed by atoms with Gasteiger partial charge in [-0.1, -0.05) is 48.6 Å². The number of allylic oxidation sites excluding steroid dienone is 4. The molecule has 1 aliphatic rings. The maximum Gasteiger partial charge on any atom is 0.240 e. The highest BCUT2D eigenvalue weighted by atomic mass is 35.5. The van der Waals surface area contributed by atoms with E-state index in [1.165, 1.54) is 6.08 Å². The molecular weight excluding hydrogens is 271 g/mol. The summed E-state index contributed by atoms with van der Waals surface area (Å²) in [5, 5.41) is -1.50. The van der Waals surface area contributed by atoms with Gasteiger partial charge in [0, 0.05) is 0 Å². The Morgan fingerprint density at radius 2 is 1.67 bits per heavy atom. The Balaban J connectivity index is 2.31. The van der Waals surface area contributed by atoms with Crippen LogP contribution in [-0.2, 0) is 9.59 Å². The summed E-state index contributed by atoms with van der Waals surface area (Å²) >= 11 is 11.0. The van der Waals surface area contributed by atoms with Gasteiger partial charge >= 0.3 is 0 Å². The van der Waals surface area contributed by atoms with Crippen molar-refractivity contribution in [3.8, 4) is 0 Å². The van der Waals surface area contributed by atoms with Crippen molar-refractivity contribution in [2.24, 2.45) is 5.41 Å². The molecule has 2 nitrogen and oxygen atoms in total. The fourth-order valence-corrected chi connectivity index (χ4v) is 2.35. The molecule has 4 heteroatoms. The third-order valence-electron chi connectivity index (χ3n) is 3.00. The maximum atomic E-state index is 11.4. The standard InChI is InChI=1S/C14H10Cl2O2/c15-12(17)14(13(16)18)8-6-11(7-9-14)10-4-2-1-3-5-10/h1-8H,9H2. The van der Waals surface area contributed by atoms with Crippen molar-refractivity contribution < 1.29 is 9.59 Å². The zero-order valence-electron chi connectivity index (χ0n) is 9.40. The Kier molecular flexibility index (Phi) is 3.69. The van der Waals surface area contributed by atoms with E-state index in [4.69, 9.17) is 23.2 Å². The predicted octanol–water partition coefficient (Wildman–Crippen LogP) is 3.55. The molecule has 2 rings (SSSR count). The van der Waals surface area contributed by atoms with Crippen LogP contribution < -0.4 is 0 Å². The molecule has 0 saturated heterocycles. The summed E-state index contributed by atoms with van der Waals surface area (Å²) < 4.78 is 0. The van der Waals surface area contributed by atoms with Crippen molar-refractivity contribution in [2.45, 2.75) is 6.42 Å². The Morgan fingerprint density at radius 1 is 1.06 bits per heavy atom. The molecule has 0 fully saturated rings. The minimum atomic E-state index is -1.42. The molecule has 18 heavy (non-hydrogen) atoms. The summed E-state index contributed by atoms with van der Waals surface area (Å²) in [5.74, 6) is 0. The molecule has 0 atom stereocenters. The number of hydrogen-bond acceptors (Lipinski definition) is 2. The lowest BCUT2D eigenvalue weighted by molar-refractivity contribution is -0.128. The van der Waals surface area contributed by atoms with Gasteiger partial charge in [-0.15, -0.1) is 0 Å². The highest BCUT2D eigenvalue weighted by Crippen LogP contribution is 2.37. The van der Waals surface area contributed by atoms with E-state index in [2.05, 4.69) is 0 Å². The molecule has 0 amide bonds. The van der Waals surface area contributed by atoms with Crippen molar-refractivity contribution >= 4 is 39.3 Å². The number of rotatable bonds is 3. The summed E-state index contributed by atoms with van der Waals surface area (Å²) in [5.41, 5.74) is 0.551. The average molecular weight is 281 g/mol. The molecule has 0 spiro atoms. The Bertz CT molecular complexity index is 530. The minimum absolute atomic E-state index is 0.193. The SMILES string of the molecule is O=C(Cl)C1(C(=O)Cl)C=CC(c2ccccc2)=CC1.